The highest BCUT2D eigenvalue weighted by molar-refractivity contribution is 7.62. The van der Waals surface area contributed by atoms with Crippen molar-refractivity contribution in [2.75, 3.05) is 24.8 Å². The van der Waals surface area contributed by atoms with Gasteiger partial charge in [-0.1, -0.05) is 35.9 Å². The second-order valence-corrected chi connectivity index (χ2v) is 10.5. The van der Waals surface area contributed by atoms with E-state index in [2.05, 4.69) is 5.32 Å². The molecule has 0 spiro atoms. The first-order chi connectivity index (χ1) is 11.3. The molecule has 3 nitrogen and oxygen atoms in total. The van der Waals surface area contributed by atoms with E-state index in [-0.39, 0.29) is 5.91 Å². The molecule has 2 aromatic carbocycles. The van der Waals surface area contributed by atoms with E-state index in [0.717, 1.165) is 28.8 Å². The number of halogens is 1. The Morgan fingerprint density at radius 3 is 2.50 bits per heavy atom. The molecule has 0 fully saturated rings. The van der Waals surface area contributed by atoms with E-state index in [1.54, 1.807) is 25.5 Å². The quantitative estimate of drug-likeness (QED) is 0.617. The van der Waals surface area contributed by atoms with Crippen LogP contribution in [0, 0.1) is 0 Å². The van der Waals surface area contributed by atoms with E-state index < -0.39 is 7.14 Å². The third-order valence-corrected chi connectivity index (χ3v) is 5.54. The zero-order valence-electron chi connectivity index (χ0n) is 13.7. The SMILES string of the molecule is CP(C)(=O)CCc1ccc2c(c1)NC(=O)/C2=C\c1ccc(Cl)cc1. The minimum Gasteiger partial charge on any atom is -0.324 e. The van der Waals surface area contributed by atoms with E-state index in [1.165, 1.54) is 0 Å². The first-order valence-electron chi connectivity index (χ1n) is 7.78. The molecule has 1 N–H and O–H groups in total. The number of benzene rings is 2. The molecule has 0 saturated carbocycles. The molecule has 1 amide bonds. The number of rotatable bonds is 4. The standard InChI is InChI=1S/C19H19ClNO2P/c1-24(2,23)10-9-14-5-8-16-17(19(22)21-18(16)12-14)11-13-3-6-15(20)7-4-13/h3-8,11-12H,9-10H2,1-2H3,(H,21,22)/b17-11-. The number of amides is 1. The Kier molecular flexibility index (Phi) is 4.67. The highest BCUT2D eigenvalue weighted by atomic mass is 35.5. The van der Waals surface area contributed by atoms with Gasteiger partial charge in [-0.2, -0.15) is 0 Å². The summed E-state index contributed by atoms with van der Waals surface area (Å²) in [7, 11) is -2.03. The van der Waals surface area contributed by atoms with Crippen LogP contribution in [0.2, 0.25) is 5.02 Å². The summed E-state index contributed by atoms with van der Waals surface area (Å²) in [5, 5.41) is 3.58. The highest BCUT2D eigenvalue weighted by Crippen LogP contribution is 2.38. The summed E-state index contributed by atoms with van der Waals surface area (Å²) in [6.07, 6.45) is 3.29. The van der Waals surface area contributed by atoms with Crippen molar-refractivity contribution < 1.29 is 9.36 Å². The van der Waals surface area contributed by atoms with Crippen LogP contribution in [0.15, 0.2) is 42.5 Å². The molecule has 1 aliphatic rings. The summed E-state index contributed by atoms with van der Waals surface area (Å²) >= 11 is 5.90. The molecule has 0 atom stereocenters. The molecular formula is C19H19ClNO2P. The fourth-order valence-corrected chi connectivity index (χ4v) is 3.59. The molecule has 0 bridgehead atoms. The van der Waals surface area contributed by atoms with E-state index >= 15 is 0 Å². The molecule has 1 aliphatic heterocycles. The maximum absolute atomic E-state index is 12.3. The van der Waals surface area contributed by atoms with Crippen LogP contribution in [-0.2, 0) is 15.8 Å². The van der Waals surface area contributed by atoms with E-state index in [9.17, 15) is 9.36 Å². The lowest BCUT2D eigenvalue weighted by Crippen LogP contribution is -2.03. The van der Waals surface area contributed by atoms with Crippen LogP contribution in [0.5, 0.6) is 0 Å². The molecule has 5 heteroatoms. The van der Waals surface area contributed by atoms with Crippen LogP contribution in [-0.4, -0.2) is 25.4 Å². The largest absolute Gasteiger partial charge is 0.324 e. The third kappa shape index (κ3) is 3.98. The van der Waals surface area contributed by atoms with Crippen molar-refractivity contribution in [2.24, 2.45) is 0 Å². The van der Waals surface area contributed by atoms with Gasteiger partial charge in [0, 0.05) is 28.0 Å². The van der Waals surface area contributed by atoms with E-state index in [1.807, 2.05) is 36.4 Å². The van der Waals surface area contributed by atoms with Gasteiger partial charge in [0.05, 0.1) is 7.14 Å². The highest BCUT2D eigenvalue weighted by Gasteiger charge is 2.24. The minimum absolute atomic E-state index is 0.103. The number of carbonyl (C=O) groups is 1. The second kappa shape index (κ2) is 6.58. The maximum atomic E-state index is 12.3. The lowest BCUT2D eigenvalue weighted by atomic mass is 10.0. The van der Waals surface area contributed by atoms with E-state index in [4.69, 9.17) is 11.6 Å². The smallest absolute Gasteiger partial charge is 0.256 e. The van der Waals surface area contributed by atoms with E-state index in [0.29, 0.717) is 16.8 Å². The number of aryl methyl sites for hydroxylation is 1. The van der Waals surface area contributed by atoms with Crippen molar-refractivity contribution in [1.29, 1.82) is 0 Å². The lowest BCUT2D eigenvalue weighted by Gasteiger charge is -2.07. The summed E-state index contributed by atoms with van der Waals surface area (Å²) in [5.41, 5.74) is 4.38. The molecule has 2 aromatic rings. The van der Waals surface area contributed by atoms with Crippen molar-refractivity contribution in [3.8, 4) is 0 Å². The number of anilines is 1. The monoisotopic (exact) mass is 359 g/mol. The normalized spacial score (nSPS) is 15.5. The van der Waals surface area contributed by atoms with Crippen LogP contribution in [0.1, 0.15) is 16.7 Å². The fourth-order valence-electron chi connectivity index (χ4n) is 2.66. The molecule has 0 radical (unpaired) electrons. The molecular weight excluding hydrogens is 341 g/mol. The van der Waals surface area contributed by atoms with Crippen LogP contribution in [0.3, 0.4) is 0 Å². The number of hydrogen-bond acceptors (Lipinski definition) is 2. The summed E-state index contributed by atoms with van der Waals surface area (Å²) in [6, 6.07) is 13.3. The van der Waals surface area contributed by atoms with Gasteiger partial charge in [0.15, 0.2) is 0 Å². The van der Waals surface area contributed by atoms with Crippen LogP contribution in [0.25, 0.3) is 11.6 Å². The molecule has 0 unspecified atom stereocenters. The maximum Gasteiger partial charge on any atom is 0.256 e. The Balaban J connectivity index is 1.88. The Bertz CT molecular complexity index is 865. The minimum atomic E-state index is -2.03. The fraction of sp³-hybridized carbons (Fsp3) is 0.211. The van der Waals surface area contributed by atoms with Crippen molar-refractivity contribution in [3.63, 3.8) is 0 Å². The third-order valence-electron chi connectivity index (χ3n) is 3.99. The Morgan fingerprint density at radius 2 is 1.83 bits per heavy atom. The summed E-state index contributed by atoms with van der Waals surface area (Å²) in [4.78, 5) is 12.3. The molecule has 0 saturated heterocycles. The molecule has 0 aromatic heterocycles. The first kappa shape index (κ1) is 17.0. The van der Waals surface area contributed by atoms with Crippen LogP contribution < -0.4 is 5.32 Å². The van der Waals surface area contributed by atoms with Crippen molar-refractivity contribution in [1.82, 2.24) is 0 Å². The summed E-state index contributed by atoms with van der Waals surface area (Å²) < 4.78 is 11.9. The van der Waals surface area contributed by atoms with Gasteiger partial charge in [0.25, 0.3) is 5.91 Å². The zero-order chi connectivity index (χ0) is 17.3. The van der Waals surface area contributed by atoms with Gasteiger partial charge in [0.1, 0.15) is 0 Å². The molecule has 3 rings (SSSR count). The van der Waals surface area contributed by atoms with Gasteiger partial charge in [-0.05, 0) is 55.2 Å². The van der Waals surface area contributed by atoms with Crippen molar-refractivity contribution >= 4 is 42.0 Å². The van der Waals surface area contributed by atoms with Gasteiger partial charge in [-0.3, -0.25) is 4.79 Å². The molecule has 0 aliphatic carbocycles. The second-order valence-electron chi connectivity index (χ2n) is 6.49. The molecule has 124 valence electrons. The lowest BCUT2D eigenvalue weighted by molar-refractivity contribution is -0.110. The van der Waals surface area contributed by atoms with Gasteiger partial charge in [0.2, 0.25) is 0 Å². The predicted octanol–water partition coefficient (Wildman–Crippen LogP) is 5.00. The topological polar surface area (TPSA) is 46.2 Å². The van der Waals surface area contributed by atoms with Gasteiger partial charge >= 0.3 is 0 Å². The van der Waals surface area contributed by atoms with Crippen molar-refractivity contribution in [2.45, 2.75) is 6.42 Å². The average molecular weight is 360 g/mol. The van der Waals surface area contributed by atoms with Crippen molar-refractivity contribution in [3.05, 3.63) is 64.2 Å². The van der Waals surface area contributed by atoms with Gasteiger partial charge in [-0.15, -0.1) is 0 Å². The first-order valence-corrected chi connectivity index (χ1v) is 10.9. The summed E-state index contributed by atoms with van der Waals surface area (Å²) in [6.45, 7) is 3.60. The van der Waals surface area contributed by atoms with Crippen LogP contribution >= 0.6 is 18.7 Å². The average Bonchev–Trinajstić information content (AvgIpc) is 2.82. The predicted molar refractivity (Wildman–Crippen MR) is 102 cm³/mol. The van der Waals surface area contributed by atoms with Crippen LogP contribution in [0.4, 0.5) is 5.69 Å². The zero-order valence-corrected chi connectivity index (χ0v) is 15.3. The number of fused-ring (bicyclic) bond motifs is 1. The number of hydrogen-bond donors (Lipinski definition) is 1. The van der Waals surface area contributed by atoms with Gasteiger partial charge in [-0.25, -0.2) is 0 Å². The Morgan fingerprint density at radius 1 is 1.12 bits per heavy atom. The number of carbonyl (C=O) groups excluding carboxylic acids is 1. The number of nitrogens with one attached hydrogen (secondary N) is 1. The molecule has 24 heavy (non-hydrogen) atoms. The Labute approximate surface area is 147 Å². The Hall–Kier alpha value is -1.83. The summed E-state index contributed by atoms with van der Waals surface area (Å²) in [5.74, 6) is -0.103. The van der Waals surface area contributed by atoms with Gasteiger partial charge < -0.3 is 9.88 Å². The molecule has 1 heterocycles.